The maximum Gasteiger partial charge on any atom is 0.230 e. The molecule has 0 aliphatic rings. The summed E-state index contributed by atoms with van der Waals surface area (Å²) in [5, 5.41) is 17.3. The van der Waals surface area contributed by atoms with Gasteiger partial charge in [-0.2, -0.15) is 0 Å². The molecular weight excluding hydrogens is 304 g/mol. The first-order valence-corrected chi connectivity index (χ1v) is 9.29. The van der Waals surface area contributed by atoms with Crippen molar-refractivity contribution in [1.82, 2.24) is 0 Å². The zero-order chi connectivity index (χ0) is 18.4. The second-order valence-corrected chi connectivity index (χ2v) is 7.49. The summed E-state index contributed by atoms with van der Waals surface area (Å²) in [4.78, 5) is 8.27. The summed E-state index contributed by atoms with van der Waals surface area (Å²) in [6.45, 7) is 10.5. The molecule has 0 spiro atoms. The van der Waals surface area contributed by atoms with E-state index in [0.717, 1.165) is 31.6 Å². The molecule has 0 aromatic carbocycles. The van der Waals surface area contributed by atoms with Crippen molar-refractivity contribution >= 4 is 0 Å². The Morgan fingerprint density at radius 3 is 1.92 bits per heavy atom. The Balaban J connectivity index is 3.83. The zero-order valence-corrected chi connectivity index (χ0v) is 16.3. The Morgan fingerprint density at radius 2 is 1.42 bits per heavy atom. The first-order valence-electron chi connectivity index (χ1n) is 9.29. The molecule has 0 unspecified atom stereocenters. The molecule has 0 atom stereocenters. The van der Waals surface area contributed by atoms with Gasteiger partial charge in [-0.3, -0.25) is 0 Å². The average molecular weight is 343 g/mol. The molecule has 2 N–H and O–H groups in total. The van der Waals surface area contributed by atoms with Gasteiger partial charge in [0.2, 0.25) is 5.79 Å². The highest BCUT2D eigenvalue weighted by Crippen LogP contribution is 2.19. The van der Waals surface area contributed by atoms with Crippen molar-refractivity contribution in [3.8, 4) is 0 Å². The second-order valence-electron chi connectivity index (χ2n) is 7.49. The highest BCUT2D eigenvalue weighted by molar-refractivity contribution is 5.01. The summed E-state index contributed by atoms with van der Waals surface area (Å²) in [7, 11) is 0. The molecule has 0 radical (unpaired) electrons. The van der Waals surface area contributed by atoms with Gasteiger partial charge in [-0.15, -0.1) is 0 Å². The van der Waals surface area contributed by atoms with Crippen molar-refractivity contribution in [2.24, 2.45) is 5.92 Å². The number of hydrogen-bond donors (Lipinski definition) is 2. The predicted molar refractivity (Wildman–Crippen MR) is 99.7 cm³/mol. The van der Waals surface area contributed by atoms with E-state index in [-0.39, 0.29) is 0 Å². The van der Waals surface area contributed by atoms with Gasteiger partial charge in [0, 0.05) is 6.42 Å². The van der Waals surface area contributed by atoms with Gasteiger partial charge in [-0.05, 0) is 71.6 Å². The van der Waals surface area contributed by atoms with Crippen LogP contribution in [0.15, 0.2) is 23.3 Å². The minimum absolute atomic E-state index is 0.433. The van der Waals surface area contributed by atoms with Crippen molar-refractivity contribution in [3.05, 3.63) is 23.3 Å². The molecule has 0 fully saturated rings. The third kappa shape index (κ3) is 12.7. The highest BCUT2D eigenvalue weighted by Gasteiger charge is 2.25. The van der Waals surface area contributed by atoms with Crippen LogP contribution in [0.2, 0.25) is 0 Å². The summed E-state index contributed by atoms with van der Waals surface area (Å²) in [6.07, 6.45) is 14.0. The molecule has 0 aliphatic heterocycles. The molecule has 4 heteroatoms. The third-order valence-corrected chi connectivity index (χ3v) is 4.33. The molecule has 0 saturated carbocycles. The maximum absolute atomic E-state index is 8.66. The first kappa shape index (κ1) is 23.3. The Labute approximate surface area is 148 Å². The largest absolute Gasteiger partial charge is 0.249 e. The number of unbranched alkanes of at least 4 members (excludes halogenated alkanes) is 2. The molecule has 0 aromatic heterocycles. The molecule has 0 heterocycles. The van der Waals surface area contributed by atoms with Crippen LogP contribution in [-0.4, -0.2) is 16.3 Å². The van der Waals surface area contributed by atoms with Crippen LogP contribution in [-0.2, 0) is 9.78 Å². The lowest BCUT2D eigenvalue weighted by Gasteiger charge is -2.20. The highest BCUT2D eigenvalue weighted by atomic mass is 17.2. The standard InChI is InChI=1S/C20H38O4/c1-17(2)11-10-15-19(4)13-7-6-12-18(3)14-8-9-16-20(5,23-21)24-22/h13-14,17,21-22H,6-12,15-16H2,1-5H3/b18-14+,19-13+. The zero-order valence-electron chi connectivity index (χ0n) is 16.3. The van der Waals surface area contributed by atoms with Crippen molar-refractivity contribution in [1.29, 1.82) is 0 Å². The number of rotatable bonds is 14. The van der Waals surface area contributed by atoms with Crippen LogP contribution < -0.4 is 0 Å². The summed E-state index contributed by atoms with van der Waals surface area (Å²) in [6, 6.07) is 0. The Kier molecular flexibility index (Phi) is 13.2. The normalized spacial score (nSPS) is 13.8. The SMILES string of the molecule is C/C(=C\CCCC(C)(OO)OO)CCC/C=C(\C)CCCC(C)C. The van der Waals surface area contributed by atoms with Crippen molar-refractivity contribution < 1.29 is 20.3 Å². The van der Waals surface area contributed by atoms with Gasteiger partial charge < -0.3 is 0 Å². The van der Waals surface area contributed by atoms with Crippen LogP contribution in [0.3, 0.4) is 0 Å². The van der Waals surface area contributed by atoms with E-state index in [9.17, 15) is 0 Å². The lowest BCUT2D eigenvalue weighted by Crippen LogP contribution is -2.29. The molecule has 0 aliphatic carbocycles. The van der Waals surface area contributed by atoms with Gasteiger partial charge in [0.05, 0.1) is 0 Å². The predicted octanol–water partition coefficient (Wildman–Crippen LogP) is 6.74. The van der Waals surface area contributed by atoms with E-state index in [1.54, 1.807) is 0 Å². The fraction of sp³-hybridized carbons (Fsp3) is 0.800. The van der Waals surface area contributed by atoms with Crippen LogP contribution in [0, 0.1) is 5.92 Å². The van der Waals surface area contributed by atoms with E-state index in [1.807, 2.05) is 0 Å². The second kappa shape index (κ2) is 13.6. The summed E-state index contributed by atoms with van der Waals surface area (Å²) < 4.78 is 0. The van der Waals surface area contributed by atoms with Crippen LogP contribution in [0.5, 0.6) is 0 Å². The van der Waals surface area contributed by atoms with E-state index in [2.05, 4.69) is 49.6 Å². The molecular formula is C20H38O4. The minimum Gasteiger partial charge on any atom is -0.249 e. The van der Waals surface area contributed by atoms with Gasteiger partial charge in [0.1, 0.15) is 0 Å². The summed E-state index contributed by atoms with van der Waals surface area (Å²) in [5.41, 5.74) is 2.90. The molecule has 0 aromatic rings. The van der Waals surface area contributed by atoms with E-state index in [1.165, 1.54) is 43.8 Å². The van der Waals surface area contributed by atoms with E-state index in [4.69, 9.17) is 10.5 Å². The molecule has 0 rings (SSSR count). The van der Waals surface area contributed by atoms with Gasteiger partial charge in [0.15, 0.2) is 0 Å². The van der Waals surface area contributed by atoms with Gasteiger partial charge in [-0.25, -0.2) is 20.3 Å². The van der Waals surface area contributed by atoms with Crippen LogP contribution >= 0.6 is 0 Å². The van der Waals surface area contributed by atoms with Crippen molar-refractivity contribution in [3.63, 3.8) is 0 Å². The topological polar surface area (TPSA) is 58.9 Å². The molecule has 0 bridgehead atoms. The van der Waals surface area contributed by atoms with Gasteiger partial charge >= 0.3 is 0 Å². The van der Waals surface area contributed by atoms with E-state index < -0.39 is 5.79 Å². The van der Waals surface area contributed by atoms with Crippen molar-refractivity contribution in [2.75, 3.05) is 0 Å². The third-order valence-electron chi connectivity index (χ3n) is 4.33. The fourth-order valence-corrected chi connectivity index (χ4v) is 2.60. The maximum atomic E-state index is 8.66. The van der Waals surface area contributed by atoms with Gasteiger partial charge in [0.25, 0.3) is 0 Å². The van der Waals surface area contributed by atoms with Crippen LogP contribution in [0.25, 0.3) is 0 Å². The molecule has 0 amide bonds. The smallest absolute Gasteiger partial charge is 0.230 e. The fourth-order valence-electron chi connectivity index (χ4n) is 2.60. The summed E-state index contributed by atoms with van der Waals surface area (Å²) in [5.74, 6) is -0.518. The quantitative estimate of drug-likeness (QED) is 0.121. The Hall–Kier alpha value is -0.680. The van der Waals surface area contributed by atoms with Gasteiger partial charge in [-0.1, -0.05) is 43.6 Å². The Bertz CT molecular complexity index is 368. The number of allylic oxidation sites excluding steroid dienone is 4. The summed E-state index contributed by atoms with van der Waals surface area (Å²) >= 11 is 0. The van der Waals surface area contributed by atoms with Crippen LogP contribution in [0.4, 0.5) is 0 Å². The average Bonchev–Trinajstić information content (AvgIpc) is 2.55. The monoisotopic (exact) mass is 342 g/mol. The molecule has 142 valence electrons. The molecule has 0 saturated heterocycles. The van der Waals surface area contributed by atoms with Crippen molar-refractivity contribution in [2.45, 2.75) is 98.2 Å². The Morgan fingerprint density at radius 1 is 0.917 bits per heavy atom. The lowest BCUT2D eigenvalue weighted by atomic mass is 10.0. The molecule has 4 nitrogen and oxygen atoms in total. The number of hydrogen-bond acceptors (Lipinski definition) is 4. The minimum atomic E-state index is -1.32. The molecule has 24 heavy (non-hydrogen) atoms. The first-order chi connectivity index (χ1) is 11.3. The van der Waals surface area contributed by atoms with Crippen LogP contribution in [0.1, 0.15) is 92.4 Å². The van der Waals surface area contributed by atoms with E-state index in [0.29, 0.717) is 6.42 Å². The van der Waals surface area contributed by atoms with E-state index >= 15 is 0 Å². The lowest BCUT2D eigenvalue weighted by molar-refractivity contribution is -0.482.